The van der Waals surface area contributed by atoms with Crippen LogP contribution in [-0.4, -0.2) is 27.2 Å². The van der Waals surface area contributed by atoms with Gasteiger partial charge < -0.3 is 10.1 Å². The second-order valence-electron chi connectivity index (χ2n) is 8.03. The third-order valence-electron chi connectivity index (χ3n) is 5.64. The number of rotatable bonds is 10. The van der Waals surface area contributed by atoms with Gasteiger partial charge in [-0.3, -0.25) is 0 Å². The molecule has 0 fully saturated rings. The van der Waals surface area contributed by atoms with Gasteiger partial charge in [0.05, 0.1) is 4.90 Å². The quantitative estimate of drug-likeness (QED) is 0.462. The van der Waals surface area contributed by atoms with Gasteiger partial charge in [0.25, 0.3) is 0 Å². The largest absolute Gasteiger partial charge is 0.446 e. The van der Waals surface area contributed by atoms with Crippen molar-refractivity contribution in [3.63, 3.8) is 0 Å². The number of hydrogen-bond donors (Lipinski definition) is 2. The summed E-state index contributed by atoms with van der Waals surface area (Å²) >= 11 is 0. The molecule has 0 aliphatic carbocycles. The van der Waals surface area contributed by atoms with E-state index in [-0.39, 0.29) is 16.9 Å². The highest BCUT2D eigenvalue weighted by molar-refractivity contribution is 7.89. The van der Waals surface area contributed by atoms with Gasteiger partial charge in [-0.1, -0.05) is 79.7 Å². The predicted octanol–water partition coefficient (Wildman–Crippen LogP) is 4.41. The van der Waals surface area contributed by atoms with Crippen LogP contribution in [0, 0.1) is 0 Å². The highest BCUT2D eigenvalue weighted by Crippen LogP contribution is 2.26. The Morgan fingerprint density at radius 2 is 1.42 bits per heavy atom. The summed E-state index contributed by atoms with van der Waals surface area (Å²) < 4.78 is 28.9. The van der Waals surface area contributed by atoms with Crippen LogP contribution < -0.4 is 10.5 Å². The van der Waals surface area contributed by atoms with E-state index >= 15 is 0 Å². The SMILES string of the molecule is CC(c1ccc(S(N)(=O)=O)cc1)C(CCc1ccccc1)OC(=O)NCCc1ccccc1. The van der Waals surface area contributed by atoms with Gasteiger partial charge in [0.1, 0.15) is 6.10 Å². The second-order valence-corrected chi connectivity index (χ2v) is 9.59. The molecule has 0 aromatic heterocycles. The molecule has 3 aromatic carbocycles. The van der Waals surface area contributed by atoms with Gasteiger partial charge in [-0.25, -0.2) is 18.4 Å². The fourth-order valence-electron chi connectivity index (χ4n) is 3.67. The Morgan fingerprint density at radius 1 is 0.879 bits per heavy atom. The van der Waals surface area contributed by atoms with Gasteiger partial charge in [0, 0.05) is 12.5 Å². The van der Waals surface area contributed by atoms with E-state index in [9.17, 15) is 13.2 Å². The Labute approximate surface area is 195 Å². The Balaban J connectivity index is 1.66. The Kier molecular flexibility index (Phi) is 8.63. The average molecular weight is 467 g/mol. The van der Waals surface area contributed by atoms with Gasteiger partial charge in [0.15, 0.2) is 0 Å². The first-order valence-corrected chi connectivity index (χ1v) is 12.5. The number of amides is 1. The Hall–Kier alpha value is -3.16. The highest BCUT2D eigenvalue weighted by Gasteiger charge is 2.23. The molecule has 2 unspecified atom stereocenters. The molecule has 0 aliphatic rings. The van der Waals surface area contributed by atoms with Crippen molar-refractivity contribution in [2.24, 2.45) is 5.14 Å². The molecule has 0 radical (unpaired) electrons. The third kappa shape index (κ3) is 7.73. The summed E-state index contributed by atoms with van der Waals surface area (Å²) in [6, 6.07) is 26.3. The zero-order valence-corrected chi connectivity index (χ0v) is 19.5. The van der Waals surface area contributed by atoms with Gasteiger partial charge in [-0.05, 0) is 48.1 Å². The molecule has 2 atom stereocenters. The number of nitrogens with two attached hydrogens (primary N) is 1. The maximum absolute atomic E-state index is 12.5. The number of sulfonamides is 1. The zero-order valence-electron chi connectivity index (χ0n) is 18.7. The number of alkyl carbamates (subject to hydrolysis) is 1. The smallest absolute Gasteiger partial charge is 0.407 e. The van der Waals surface area contributed by atoms with Crippen LogP contribution in [0.15, 0.2) is 89.8 Å². The number of hydrogen-bond acceptors (Lipinski definition) is 4. The van der Waals surface area contributed by atoms with Crippen molar-refractivity contribution in [2.75, 3.05) is 6.54 Å². The summed E-state index contributed by atoms with van der Waals surface area (Å²) in [5.74, 6) is -0.136. The molecule has 7 heteroatoms. The van der Waals surface area contributed by atoms with Crippen molar-refractivity contribution in [1.82, 2.24) is 5.32 Å². The van der Waals surface area contributed by atoms with E-state index in [1.54, 1.807) is 12.1 Å². The molecule has 0 spiro atoms. The zero-order chi connectivity index (χ0) is 23.7. The lowest BCUT2D eigenvalue weighted by Crippen LogP contribution is -2.33. The van der Waals surface area contributed by atoms with Gasteiger partial charge in [-0.15, -0.1) is 0 Å². The van der Waals surface area contributed by atoms with E-state index in [4.69, 9.17) is 9.88 Å². The van der Waals surface area contributed by atoms with Crippen molar-refractivity contribution in [3.8, 4) is 0 Å². The molecule has 6 nitrogen and oxygen atoms in total. The first-order chi connectivity index (χ1) is 15.8. The summed E-state index contributed by atoms with van der Waals surface area (Å²) in [4.78, 5) is 12.6. The number of carbonyl (C=O) groups excluding carboxylic acids is 1. The number of nitrogens with one attached hydrogen (secondary N) is 1. The minimum absolute atomic E-state index is 0.0545. The van der Waals surface area contributed by atoms with E-state index in [0.29, 0.717) is 13.0 Å². The van der Waals surface area contributed by atoms with Crippen LogP contribution in [0.3, 0.4) is 0 Å². The molecule has 0 bridgehead atoms. The Morgan fingerprint density at radius 3 is 1.97 bits per heavy atom. The number of aryl methyl sites for hydroxylation is 1. The molecule has 3 aromatic rings. The normalized spacial score (nSPS) is 13.2. The van der Waals surface area contributed by atoms with Crippen LogP contribution >= 0.6 is 0 Å². The molecule has 0 saturated heterocycles. The maximum atomic E-state index is 12.5. The van der Waals surface area contributed by atoms with E-state index in [2.05, 4.69) is 5.32 Å². The number of carbonyl (C=O) groups is 1. The van der Waals surface area contributed by atoms with Crippen LogP contribution in [0.1, 0.15) is 36.0 Å². The Bertz CT molecular complexity index is 1120. The fourth-order valence-corrected chi connectivity index (χ4v) is 4.19. The maximum Gasteiger partial charge on any atom is 0.407 e. The molecule has 3 rings (SSSR count). The van der Waals surface area contributed by atoms with E-state index in [0.717, 1.165) is 29.5 Å². The standard InChI is InChI=1S/C26H30N2O4S/c1-20(23-13-15-24(16-14-23)33(27,30)31)25(17-12-21-8-4-2-5-9-21)32-26(29)28-19-18-22-10-6-3-7-11-22/h2-11,13-16,20,25H,12,17-19H2,1H3,(H,28,29)(H2,27,30,31). The monoisotopic (exact) mass is 466 g/mol. The molecule has 174 valence electrons. The predicted molar refractivity (Wildman–Crippen MR) is 129 cm³/mol. The molecule has 3 N–H and O–H groups in total. The van der Waals surface area contributed by atoms with Crippen molar-refractivity contribution >= 4 is 16.1 Å². The molecule has 33 heavy (non-hydrogen) atoms. The number of ether oxygens (including phenoxy) is 1. The van der Waals surface area contributed by atoms with E-state index < -0.39 is 16.1 Å². The molecular formula is C26H30N2O4S. The van der Waals surface area contributed by atoms with Gasteiger partial charge >= 0.3 is 6.09 Å². The first-order valence-electron chi connectivity index (χ1n) is 11.0. The summed E-state index contributed by atoms with van der Waals surface area (Å²) in [5, 5.41) is 8.04. The molecular weight excluding hydrogens is 436 g/mol. The highest BCUT2D eigenvalue weighted by atomic mass is 32.2. The van der Waals surface area contributed by atoms with Crippen LogP contribution in [-0.2, 0) is 27.6 Å². The third-order valence-corrected chi connectivity index (χ3v) is 6.57. The van der Waals surface area contributed by atoms with Gasteiger partial charge in [-0.2, -0.15) is 0 Å². The van der Waals surface area contributed by atoms with Crippen molar-refractivity contribution < 1.29 is 17.9 Å². The van der Waals surface area contributed by atoms with Crippen LogP contribution in [0.4, 0.5) is 4.79 Å². The van der Waals surface area contributed by atoms with Crippen LogP contribution in [0.25, 0.3) is 0 Å². The summed E-state index contributed by atoms with van der Waals surface area (Å²) in [6.45, 7) is 2.45. The molecule has 1 amide bonds. The second kappa shape index (κ2) is 11.6. The van der Waals surface area contributed by atoms with E-state index in [1.807, 2.05) is 67.6 Å². The minimum Gasteiger partial charge on any atom is -0.446 e. The first kappa shape index (κ1) is 24.5. The van der Waals surface area contributed by atoms with Crippen LogP contribution in [0.2, 0.25) is 0 Å². The lowest BCUT2D eigenvalue weighted by Gasteiger charge is -2.25. The lowest BCUT2D eigenvalue weighted by molar-refractivity contribution is 0.0796. The van der Waals surface area contributed by atoms with Crippen molar-refractivity contribution in [3.05, 3.63) is 102 Å². The minimum atomic E-state index is -3.76. The summed E-state index contributed by atoms with van der Waals surface area (Å²) in [5.41, 5.74) is 3.17. The van der Waals surface area contributed by atoms with Crippen molar-refractivity contribution in [2.45, 2.75) is 43.1 Å². The van der Waals surface area contributed by atoms with Crippen LogP contribution in [0.5, 0.6) is 0 Å². The van der Waals surface area contributed by atoms with Gasteiger partial charge in [0.2, 0.25) is 10.0 Å². The molecule has 0 saturated carbocycles. The average Bonchev–Trinajstić information content (AvgIpc) is 2.82. The topological polar surface area (TPSA) is 98.5 Å². The van der Waals surface area contributed by atoms with Crippen molar-refractivity contribution in [1.29, 1.82) is 0 Å². The van der Waals surface area contributed by atoms with E-state index in [1.165, 1.54) is 12.1 Å². The molecule has 0 aliphatic heterocycles. The summed E-state index contributed by atoms with van der Waals surface area (Å²) in [6.07, 6.45) is 1.26. The number of benzene rings is 3. The fraction of sp³-hybridized carbons (Fsp3) is 0.269. The molecule has 0 heterocycles. The number of primary sulfonamides is 1. The lowest BCUT2D eigenvalue weighted by atomic mass is 9.91. The summed E-state index contributed by atoms with van der Waals surface area (Å²) in [7, 11) is -3.76.